The molecule has 0 amide bonds. The molecule has 0 radical (unpaired) electrons. The van der Waals surface area contributed by atoms with Gasteiger partial charge in [0, 0.05) is 6.04 Å². The summed E-state index contributed by atoms with van der Waals surface area (Å²) in [6, 6.07) is 0.556. The zero-order valence-corrected chi connectivity index (χ0v) is 4.44. The highest BCUT2D eigenvalue weighted by atomic mass is 15.0. The zero-order valence-electron chi connectivity index (χ0n) is 4.44. The SMILES string of the molecule is CC1CC=C(N)N1. The summed E-state index contributed by atoms with van der Waals surface area (Å²) < 4.78 is 0. The summed E-state index contributed by atoms with van der Waals surface area (Å²) in [4.78, 5) is 0. The Labute approximate surface area is 43.4 Å². The van der Waals surface area contributed by atoms with Gasteiger partial charge in [0.1, 0.15) is 0 Å². The van der Waals surface area contributed by atoms with Crippen molar-refractivity contribution >= 4 is 0 Å². The highest BCUT2D eigenvalue weighted by Gasteiger charge is 2.05. The molecule has 1 unspecified atom stereocenters. The molecule has 0 aliphatic carbocycles. The molecule has 0 aromatic heterocycles. The van der Waals surface area contributed by atoms with Crippen LogP contribution in [0.5, 0.6) is 0 Å². The van der Waals surface area contributed by atoms with Crippen LogP contribution in [-0.4, -0.2) is 6.04 Å². The first kappa shape index (κ1) is 4.50. The third kappa shape index (κ3) is 0.856. The highest BCUT2D eigenvalue weighted by molar-refractivity contribution is 5.03. The van der Waals surface area contributed by atoms with E-state index in [4.69, 9.17) is 5.73 Å². The summed E-state index contributed by atoms with van der Waals surface area (Å²) >= 11 is 0. The van der Waals surface area contributed by atoms with Crippen molar-refractivity contribution in [2.75, 3.05) is 0 Å². The Bertz CT molecular complexity index is 96.3. The van der Waals surface area contributed by atoms with Gasteiger partial charge in [-0.1, -0.05) is 0 Å². The molecule has 7 heavy (non-hydrogen) atoms. The molecule has 0 saturated carbocycles. The van der Waals surface area contributed by atoms with Gasteiger partial charge in [-0.15, -0.1) is 0 Å². The van der Waals surface area contributed by atoms with Gasteiger partial charge >= 0.3 is 0 Å². The minimum atomic E-state index is 0.556. The second-order valence-corrected chi connectivity index (χ2v) is 1.94. The standard InChI is InChI=1S/C5H10N2/c1-4-2-3-5(6)7-4/h3-4,7H,2,6H2,1H3. The van der Waals surface area contributed by atoms with Crippen LogP contribution in [0, 0.1) is 0 Å². The minimum Gasteiger partial charge on any atom is -0.386 e. The second kappa shape index (κ2) is 1.45. The van der Waals surface area contributed by atoms with Gasteiger partial charge in [-0.2, -0.15) is 0 Å². The maximum atomic E-state index is 5.38. The van der Waals surface area contributed by atoms with Crippen molar-refractivity contribution in [3.8, 4) is 0 Å². The monoisotopic (exact) mass is 98.1 g/mol. The summed E-state index contributed by atoms with van der Waals surface area (Å²) in [7, 11) is 0. The van der Waals surface area contributed by atoms with Crippen LogP contribution in [0.1, 0.15) is 13.3 Å². The Kier molecular flexibility index (Phi) is 0.929. The van der Waals surface area contributed by atoms with Crippen molar-refractivity contribution in [1.29, 1.82) is 0 Å². The van der Waals surface area contributed by atoms with Crippen LogP contribution in [0.2, 0.25) is 0 Å². The average Bonchev–Trinajstić information content (AvgIpc) is 1.87. The first-order valence-electron chi connectivity index (χ1n) is 2.51. The Balaban J connectivity index is 2.42. The van der Waals surface area contributed by atoms with E-state index < -0.39 is 0 Å². The topological polar surface area (TPSA) is 38.0 Å². The molecule has 2 heteroatoms. The third-order valence-electron chi connectivity index (χ3n) is 1.10. The normalized spacial score (nSPS) is 29.3. The zero-order chi connectivity index (χ0) is 5.28. The minimum absolute atomic E-state index is 0.556. The summed E-state index contributed by atoms with van der Waals surface area (Å²) in [6.07, 6.45) is 3.08. The first-order valence-corrected chi connectivity index (χ1v) is 2.51. The van der Waals surface area contributed by atoms with E-state index in [0.29, 0.717) is 6.04 Å². The molecular formula is C5H10N2. The Morgan fingerprint density at radius 2 is 2.71 bits per heavy atom. The van der Waals surface area contributed by atoms with Crippen molar-refractivity contribution in [2.45, 2.75) is 19.4 Å². The molecular weight excluding hydrogens is 88.1 g/mol. The van der Waals surface area contributed by atoms with Crippen molar-refractivity contribution < 1.29 is 0 Å². The number of nitrogens with two attached hydrogens (primary N) is 1. The van der Waals surface area contributed by atoms with Crippen LogP contribution in [-0.2, 0) is 0 Å². The van der Waals surface area contributed by atoms with Crippen LogP contribution in [0.4, 0.5) is 0 Å². The lowest BCUT2D eigenvalue weighted by molar-refractivity contribution is 0.667. The molecule has 3 N–H and O–H groups in total. The van der Waals surface area contributed by atoms with E-state index in [-0.39, 0.29) is 0 Å². The molecule has 0 aromatic carbocycles. The van der Waals surface area contributed by atoms with E-state index in [1.165, 1.54) is 0 Å². The molecule has 1 atom stereocenters. The van der Waals surface area contributed by atoms with Crippen LogP contribution in [0.3, 0.4) is 0 Å². The van der Waals surface area contributed by atoms with Crippen LogP contribution < -0.4 is 11.1 Å². The van der Waals surface area contributed by atoms with Gasteiger partial charge in [0.15, 0.2) is 0 Å². The molecule has 2 nitrogen and oxygen atoms in total. The molecule has 0 fully saturated rings. The quantitative estimate of drug-likeness (QED) is 0.453. The van der Waals surface area contributed by atoms with Crippen molar-refractivity contribution in [3.63, 3.8) is 0 Å². The molecule has 40 valence electrons. The van der Waals surface area contributed by atoms with E-state index in [2.05, 4.69) is 12.2 Å². The van der Waals surface area contributed by atoms with Gasteiger partial charge in [0.2, 0.25) is 0 Å². The summed E-state index contributed by atoms with van der Waals surface area (Å²) in [6.45, 7) is 2.11. The van der Waals surface area contributed by atoms with E-state index in [1.54, 1.807) is 0 Å². The molecule has 1 rings (SSSR count). The van der Waals surface area contributed by atoms with Crippen molar-refractivity contribution in [3.05, 3.63) is 11.9 Å². The molecule has 1 aliphatic heterocycles. The van der Waals surface area contributed by atoms with Gasteiger partial charge < -0.3 is 11.1 Å². The number of rotatable bonds is 0. The Morgan fingerprint density at radius 3 is 2.86 bits per heavy atom. The lowest BCUT2D eigenvalue weighted by atomic mass is 10.3. The maximum Gasteiger partial charge on any atom is 0.0921 e. The summed E-state index contributed by atoms with van der Waals surface area (Å²) in [5, 5.41) is 3.06. The van der Waals surface area contributed by atoms with E-state index in [0.717, 1.165) is 12.2 Å². The van der Waals surface area contributed by atoms with E-state index in [1.807, 2.05) is 6.08 Å². The van der Waals surface area contributed by atoms with Crippen LogP contribution >= 0.6 is 0 Å². The third-order valence-corrected chi connectivity index (χ3v) is 1.10. The fourth-order valence-corrected chi connectivity index (χ4v) is 0.706. The van der Waals surface area contributed by atoms with Gasteiger partial charge in [-0.3, -0.25) is 0 Å². The Hall–Kier alpha value is -0.660. The largest absolute Gasteiger partial charge is 0.386 e. The van der Waals surface area contributed by atoms with Crippen molar-refractivity contribution in [2.24, 2.45) is 5.73 Å². The van der Waals surface area contributed by atoms with Crippen molar-refractivity contribution in [1.82, 2.24) is 5.32 Å². The maximum absolute atomic E-state index is 5.38. The smallest absolute Gasteiger partial charge is 0.0921 e. The molecule has 0 spiro atoms. The first-order chi connectivity index (χ1) is 3.29. The van der Waals surface area contributed by atoms with Gasteiger partial charge in [-0.25, -0.2) is 0 Å². The summed E-state index contributed by atoms with van der Waals surface area (Å²) in [5.41, 5.74) is 5.38. The van der Waals surface area contributed by atoms with E-state index >= 15 is 0 Å². The number of hydrogen-bond acceptors (Lipinski definition) is 2. The second-order valence-electron chi connectivity index (χ2n) is 1.94. The molecule has 0 aromatic rings. The molecule has 0 bridgehead atoms. The van der Waals surface area contributed by atoms with Crippen LogP contribution in [0.15, 0.2) is 11.9 Å². The lowest BCUT2D eigenvalue weighted by Crippen LogP contribution is -2.22. The predicted molar refractivity (Wildman–Crippen MR) is 29.5 cm³/mol. The van der Waals surface area contributed by atoms with E-state index in [9.17, 15) is 0 Å². The number of nitrogens with one attached hydrogen (secondary N) is 1. The molecule has 1 heterocycles. The van der Waals surface area contributed by atoms with Gasteiger partial charge in [0.25, 0.3) is 0 Å². The number of hydrogen-bond donors (Lipinski definition) is 2. The summed E-state index contributed by atoms with van der Waals surface area (Å²) in [5.74, 6) is 0.826. The fourth-order valence-electron chi connectivity index (χ4n) is 0.706. The average molecular weight is 98.1 g/mol. The molecule has 1 aliphatic rings. The molecule has 0 saturated heterocycles. The van der Waals surface area contributed by atoms with Gasteiger partial charge in [0.05, 0.1) is 5.82 Å². The van der Waals surface area contributed by atoms with Crippen LogP contribution in [0.25, 0.3) is 0 Å². The highest BCUT2D eigenvalue weighted by Crippen LogP contribution is 2.01. The fraction of sp³-hybridized carbons (Fsp3) is 0.600. The Morgan fingerprint density at radius 1 is 2.00 bits per heavy atom. The predicted octanol–water partition coefficient (Wildman–Crippen LogP) is 0.168. The lowest BCUT2D eigenvalue weighted by Gasteiger charge is -2.01. The van der Waals surface area contributed by atoms with Gasteiger partial charge in [-0.05, 0) is 19.4 Å².